The summed E-state index contributed by atoms with van der Waals surface area (Å²) < 4.78 is 10.4. The Kier molecular flexibility index (Phi) is 4.31. The van der Waals surface area contributed by atoms with Gasteiger partial charge in [0.1, 0.15) is 12.0 Å². The van der Waals surface area contributed by atoms with Crippen molar-refractivity contribution in [3.05, 3.63) is 28.8 Å². The van der Waals surface area contributed by atoms with Gasteiger partial charge in [0.25, 0.3) is 0 Å². The lowest BCUT2D eigenvalue weighted by atomic mass is 10.0. The second kappa shape index (κ2) is 5.51. The number of carbonyl (C=O) groups excluding carboxylic acids is 1. The van der Waals surface area contributed by atoms with Crippen LogP contribution >= 0.6 is 0 Å². The van der Waals surface area contributed by atoms with Crippen LogP contribution < -0.4 is 4.74 Å². The lowest BCUT2D eigenvalue weighted by Gasteiger charge is -2.14. The number of carbonyl (C=O) groups is 1. The number of aldehydes is 1. The van der Waals surface area contributed by atoms with E-state index in [0.29, 0.717) is 13.0 Å². The number of hydrogen-bond donors (Lipinski definition) is 0. The Labute approximate surface area is 90.0 Å². The summed E-state index contributed by atoms with van der Waals surface area (Å²) in [7, 11) is 3.25. The van der Waals surface area contributed by atoms with Crippen LogP contribution in [-0.2, 0) is 22.6 Å². The molecule has 15 heavy (non-hydrogen) atoms. The molecule has 0 aromatic heterocycles. The van der Waals surface area contributed by atoms with Crippen molar-refractivity contribution in [1.29, 1.82) is 0 Å². The van der Waals surface area contributed by atoms with Gasteiger partial charge < -0.3 is 14.3 Å². The SMILES string of the molecule is COCc1ccc(C)c(OC)c1CC=O. The normalized spacial score (nSPS) is 10.1. The molecule has 0 spiro atoms. The summed E-state index contributed by atoms with van der Waals surface area (Å²) in [5.41, 5.74) is 2.97. The molecule has 0 N–H and O–H groups in total. The number of aryl methyl sites for hydroxylation is 1. The third-order valence-corrected chi connectivity index (χ3v) is 2.35. The zero-order valence-corrected chi connectivity index (χ0v) is 9.37. The first-order valence-electron chi connectivity index (χ1n) is 4.82. The summed E-state index contributed by atoms with van der Waals surface area (Å²) in [6.45, 7) is 2.46. The van der Waals surface area contributed by atoms with E-state index in [0.717, 1.165) is 28.7 Å². The second-order valence-corrected chi connectivity index (χ2v) is 3.36. The molecule has 3 nitrogen and oxygen atoms in total. The molecule has 0 unspecified atom stereocenters. The van der Waals surface area contributed by atoms with E-state index >= 15 is 0 Å². The van der Waals surface area contributed by atoms with Gasteiger partial charge in [0.05, 0.1) is 13.7 Å². The van der Waals surface area contributed by atoms with E-state index < -0.39 is 0 Å². The Balaban J connectivity index is 3.21. The fourth-order valence-corrected chi connectivity index (χ4v) is 1.67. The van der Waals surface area contributed by atoms with Crippen LogP contribution in [0, 0.1) is 6.92 Å². The molecule has 0 aliphatic carbocycles. The highest BCUT2D eigenvalue weighted by atomic mass is 16.5. The monoisotopic (exact) mass is 208 g/mol. The molecule has 1 rings (SSSR count). The van der Waals surface area contributed by atoms with Crippen LogP contribution in [0.15, 0.2) is 12.1 Å². The summed E-state index contributed by atoms with van der Waals surface area (Å²) in [4.78, 5) is 10.6. The van der Waals surface area contributed by atoms with Crippen molar-refractivity contribution in [3.8, 4) is 5.75 Å². The van der Waals surface area contributed by atoms with E-state index in [-0.39, 0.29) is 0 Å². The predicted octanol–water partition coefficient (Wildman–Crippen LogP) is 1.89. The molecule has 0 heterocycles. The molecule has 0 bridgehead atoms. The summed E-state index contributed by atoms with van der Waals surface area (Å²) in [5.74, 6) is 0.789. The fraction of sp³-hybridized carbons (Fsp3) is 0.417. The Bertz CT molecular complexity index is 345. The average Bonchev–Trinajstić information content (AvgIpc) is 2.23. The molecule has 0 aliphatic heterocycles. The van der Waals surface area contributed by atoms with Gasteiger partial charge in [0.2, 0.25) is 0 Å². The fourth-order valence-electron chi connectivity index (χ4n) is 1.67. The van der Waals surface area contributed by atoms with Crippen molar-refractivity contribution >= 4 is 6.29 Å². The minimum atomic E-state index is 0.365. The first kappa shape index (κ1) is 11.7. The summed E-state index contributed by atoms with van der Waals surface area (Å²) >= 11 is 0. The van der Waals surface area contributed by atoms with E-state index in [1.54, 1.807) is 14.2 Å². The number of rotatable bonds is 5. The van der Waals surface area contributed by atoms with Crippen LogP contribution in [0.2, 0.25) is 0 Å². The summed E-state index contributed by atoms with van der Waals surface area (Å²) in [5, 5.41) is 0. The predicted molar refractivity (Wildman–Crippen MR) is 58.2 cm³/mol. The summed E-state index contributed by atoms with van der Waals surface area (Å²) in [6.07, 6.45) is 1.25. The average molecular weight is 208 g/mol. The van der Waals surface area contributed by atoms with Gasteiger partial charge >= 0.3 is 0 Å². The van der Waals surface area contributed by atoms with Gasteiger partial charge in [0, 0.05) is 19.1 Å². The van der Waals surface area contributed by atoms with Crippen molar-refractivity contribution in [1.82, 2.24) is 0 Å². The molecular weight excluding hydrogens is 192 g/mol. The molecule has 0 atom stereocenters. The van der Waals surface area contributed by atoms with Gasteiger partial charge in [-0.05, 0) is 18.1 Å². The van der Waals surface area contributed by atoms with Crippen molar-refractivity contribution in [2.75, 3.05) is 14.2 Å². The number of hydrogen-bond acceptors (Lipinski definition) is 3. The maximum atomic E-state index is 10.6. The lowest BCUT2D eigenvalue weighted by Crippen LogP contribution is -2.02. The number of benzene rings is 1. The maximum absolute atomic E-state index is 10.6. The third kappa shape index (κ3) is 2.57. The summed E-state index contributed by atoms with van der Waals surface area (Å²) in [6, 6.07) is 3.95. The van der Waals surface area contributed by atoms with Gasteiger partial charge in [-0.1, -0.05) is 12.1 Å². The molecule has 0 amide bonds. The number of ether oxygens (including phenoxy) is 2. The van der Waals surface area contributed by atoms with Gasteiger partial charge in [-0.25, -0.2) is 0 Å². The maximum Gasteiger partial charge on any atom is 0.125 e. The molecule has 0 fully saturated rings. The smallest absolute Gasteiger partial charge is 0.125 e. The molecule has 3 heteroatoms. The molecule has 82 valence electrons. The molecule has 1 aromatic carbocycles. The largest absolute Gasteiger partial charge is 0.496 e. The van der Waals surface area contributed by atoms with E-state index in [1.807, 2.05) is 19.1 Å². The number of methoxy groups -OCH3 is 2. The molecule has 0 saturated carbocycles. The van der Waals surface area contributed by atoms with Crippen LogP contribution in [0.3, 0.4) is 0 Å². The van der Waals surface area contributed by atoms with Crippen molar-refractivity contribution < 1.29 is 14.3 Å². The van der Waals surface area contributed by atoms with Crippen LogP contribution in [-0.4, -0.2) is 20.5 Å². The Morgan fingerprint density at radius 3 is 2.60 bits per heavy atom. The van der Waals surface area contributed by atoms with Crippen LogP contribution in [0.4, 0.5) is 0 Å². The third-order valence-electron chi connectivity index (χ3n) is 2.35. The quantitative estimate of drug-likeness (QED) is 0.693. The van der Waals surface area contributed by atoms with Crippen LogP contribution in [0.1, 0.15) is 16.7 Å². The van der Waals surface area contributed by atoms with Crippen LogP contribution in [0.25, 0.3) is 0 Å². The Morgan fingerprint density at radius 1 is 1.33 bits per heavy atom. The highest BCUT2D eigenvalue weighted by molar-refractivity contribution is 5.60. The van der Waals surface area contributed by atoms with Gasteiger partial charge in [0.15, 0.2) is 0 Å². The first-order valence-corrected chi connectivity index (χ1v) is 4.82. The van der Waals surface area contributed by atoms with E-state index in [1.165, 1.54) is 0 Å². The topological polar surface area (TPSA) is 35.5 Å². The molecule has 0 aliphatic rings. The van der Waals surface area contributed by atoms with E-state index in [2.05, 4.69) is 0 Å². The highest BCUT2D eigenvalue weighted by Gasteiger charge is 2.11. The standard InChI is InChI=1S/C12H16O3/c1-9-4-5-10(8-14-2)11(6-7-13)12(9)15-3/h4-5,7H,6,8H2,1-3H3. The van der Waals surface area contributed by atoms with Gasteiger partial charge in [-0.3, -0.25) is 0 Å². The molecular formula is C12H16O3. The Morgan fingerprint density at radius 2 is 2.07 bits per heavy atom. The highest BCUT2D eigenvalue weighted by Crippen LogP contribution is 2.27. The zero-order chi connectivity index (χ0) is 11.3. The van der Waals surface area contributed by atoms with E-state index in [4.69, 9.17) is 9.47 Å². The first-order chi connectivity index (χ1) is 7.24. The molecule has 0 radical (unpaired) electrons. The Hall–Kier alpha value is -1.35. The second-order valence-electron chi connectivity index (χ2n) is 3.36. The lowest BCUT2D eigenvalue weighted by molar-refractivity contribution is -0.107. The van der Waals surface area contributed by atoms with Crippen molar-refractivity contribution in [2.45, 2.75) is 20.0 Å². The van der Waals surface area contributed by atoms with Crippen molar-refractivity contribution in [2.24, 2.45) is 0 Å². The molecule has 1 aromatic rings. The molecule has 0 saturated heterocycles. The van der Waals surface area contributed by atoms with Crippen molar-refractivity contribution in [3.63, 3.8) is 0 Å². The van der Waals surface area contributed by atoms with Gasteiger partial charge in [-0.15, -0.1) is 0 Å². The van der Waals surface area contributed by atoms with Crippen LogP contribution in [0.5, 0.6) is 5.75 Å². The van der Waals surface area contributed by atoms with Gasteiger partial charge in [-0.2, -0.15) is 0 Å². The minimum Gasteiger partial charge on any atom is -0.496 e. The minimum absolute atomic E-state index is 0.365. The van der Waals surface area contributed by atoms with E-state index in [9.17, 15) is 4.79 Å². The zero-order valence-electron chi connectivity index (χ0n) is 9.37.